The monoisotopic (exact) mass is 1550 g/mol. The van der Waals surface area contributed by atoms with Crippen molar-refractivity contribution in [1.82, 2.24) is 49.1 Å². The molecule has 6 fully saturated rings. The summed E-state index contributed by atoms with van der Waals surface area (Å²) in [7, 11) is 13.7. The molecule has 10 unspecified atom stereocenters. The van der Waals surface area contributed by atoms with Crippen LogP contribution in [0, 0.1) is 13.8 Å². The molecule has 6 aliphatic heterocycles. The zero-order valence-electron chi connectivity index (χ0n) is 53.2. The van der Waals surface area contributed by atoms with E-state index >= 15 is 0 Å². The van der Waals surface area contributed by atoms with Crippen LogP contribution in [0.25, 0.3) is 33.1 Å². The molecule has 0 radical (unpaired) electrons. The van der Waals surface area contributed by atoms with Gasteiger partial charge in [-0.1, -0.05) is 31.2 Å². The molecule has 8 aromatic rings. The van der Waals surface area contributed by atoms with E-state index in [1.165, 1.54) is 18.4 Å². The normalized spacial score (nSPS) is 18.8. The summed E-state index contributed by atoms with van der Waals surface area (Å²) in [5.41, 5.74) is 7.52. The fourth-order valence-corrected chi connectivity index (χ4v) is 12.4. The number of halogens is 1. The standard InChI is InChI=1S/C28H35N9O3S.C27H31ClN8O.CH5NO2S.H8P6.H7P5/c1-19-7-8-21-20(16-19)27(31-28(29-21)33-41(2,38)39)36-11-4-3-6-23(36)22-17-25-30-24(34-9-5-10-34)18-26(37(25)32-22)35-12-14-40-15-13-35;1-18-6-7-20-19(15-18)26(31-27(28)29-20)35-10-3-2-5-22(35)21-16-24-30-23(33-8-4-9-33)17-25(36(24)32-21)34-11-13-37-14-12-34;1-5(2,3)4;1-5(2)6(3)4;1-4-5(2)3/h7-8,16-18,23H,3-6,9-15H2,1-2H3,(H,29,31,33);6-7,15-17,22H,2-5,8-14H2,1H3;1H3,(H2,2,3,4);1-4H2;4H,1-3H2. The number of aryl methyl sites for hydroxylation is 2. The van der Waals surface area contributed by atoms with Crippen molar-refractivity contribution in [1.29, 1.82) is 0 Å². The molecule has 0 aliphatic carbocycles. The van der Waals surface area contributed by atoms with E-state index in [4.69, 9.17) is 51.2 Å². The van der Waals surface area contributed by atoms with Gasteiger partial charge in [0.2, 0.25) is 31.3 Å². The molecular formula is C56H86ClN18O6P11S2. The number of hydrogen-bond acceptors (Lipinski definition) is 20. The van der Waals surface area contributed by atoms with E-state index in [2.05, 4.69) is 161 Å². The predicted octanol–water partition coefficient (Wildman–Crippen LogP) is 11.9. The van der Waals surface area contributed by atoms with Crippen molar-refractivity contribution in [3.63, 3.8) is 0 Å². The van der Waals surface area contributed by atoms with E-state index in [-0.39, 0.29) is 44.3 Å². The largest absolute Gasteiger partial charge is 0.378 e. The third-order valence-electron chi connectivity index (χ3n) is 16.4. The lowest BCUT2D eigenvalue weighted by atomic mass is 9.98. The van der Waals surface area contributed by atoms with Gasteiger partial charge in [-0.3, -0.25) is 4.72 Å². The average Bonchev–Trinajstić information content (AvgIpc) is 1.45. The molecule has 38 heteroatoms. The minimum atomic E-state index is -3.54. The zero-order chi connectivity index (χ0) is 67.0. The third-order valence-corrected chi connectivity index (χ3v) is 50.4. The van der Waals surface area contributed by atoms with E-state index < -0.39 is 20.0 Å². The highest BCUT2D eigenvalue weighted by molar-refractivity contribution is 8.92. The lowest BCUT2D eigenvalue weighted by Crippen LogP contribution is -2.40. The molecule has 0 saturated carbocycles. The number of hydrogen-bond donors (Lipinski definition) is 2. The van der Waals surface area contributed by atoms with Crippen LogP contribution in [0.5, 0.6) is 0 Å². The topological polar surface area (TPSA) is 256 Å². The first-order chi connectivity index (χ1) is 44.9. The smallest absolute Gasteiger partial charge is 0.239 e. The number of ether oxygens (including phenoxy) is 2. The number of nitrogens with zero attached hydrogens (tertiary/aromatic N) is 16. The fraction of sp³-hybridized carbons (Fsp3) is 0.500. The maximum Gasteiger partial charge on any atom is 0.239 e. The Morgan fingerprint density at radius 2 is 0.968 bits per heavy atom. The number of piperidine rings is 2. The predicted molar refractivity (Wildman–Crippen MR) is 422 cm³/mol. The van der Waals surface area contributed by atoms with Crippen LogP contribution >= 0.6 is 103 Å². The van der Waals surface area contributed by atoms with Crippen molar-refractivity contribution in [2.75, 3.05) is 139 Å². The number of aromatic nitrogens is 10. The number of nitrogens with one attached hydrogen (secondary N) is 1. The van der Waals surface area contributed by atoms with Crippen molar-refractivity contribution in [2.45, 2.75) is 77.3 Å². The van der Waals surface area contributed by atoms with Crippen LogP contribution in [0.15, 0.2) is 60.7 Å². The summed E-state index contributed by atoms with van der Waals surface area (Å²) in [6.45, 7) is 16.7. The van der Waals surface area contributed by atoms with Gasteiger partial charge in [0.25, 0.3) is 0 Å². The number of morpholine rings is 2. The number of sulfonamides is 2. The highest BCUT2D eigenvalue weighted by Gasteiger charge is 2.34. The summed E-state index contributed by atoms with van der Waals surface area (Å²) in [4.78, 5) is 42.6. The summed E-state index contributed by atoms with van der Waals surface area (Å²) in [5, 5.41) is 16.9. The van der Waals surface area contributed by atoms with Gasteiger partial charge in [0.15, 0.2) is 11.3 Å². The van der Waals surface area contributed by atoms with Crippen LogP contribution in [-0.4, -0.2) is 170 Å². The molecule has 10 atom stereocenters. The highest BCUT2D eigenvalue weighted by Crippen LogP contribution is 2.86. The molecule has 6 aromatic heterocycles. The number of benzene rings is 2. The van der Waals surface area contributed by atoms with E-state index in [9.17, 15) is 16.8 Å². The molecule has 510 valence electrons. The van der Waals surface area contributed by atoms with Gasteiger partial charge < -0.3 is 38.9 Å². The molecule has 0 bridgehead atoms. The minimum Gasteiger partial charge on any atom is -0.378 e. The molecule has 6 aliphatic rings. The van der Waals surface area contributed by atoms with Gasteiger partial charge in [-0.2, -0.15) is 29.2 Å². The van der Waals surface area contributed by atoms with Crippen LogP contribution in [0.3, 0.4) is 0 Å². The van der Waals surface area contributed by atoms with Gasteiger partial charge in [-0.05, 0) is 122 Å². The maximum atomic E-state index is 12.1. The first kappa shape index (κ1) is 74.5. The molecule has 0 amide bonds. The van der Waals surface area contributed by atoms with Gasteiger partial charge in [-0.15, -0.1) is 62.5 Å². The first-order valence-corrected chi connectivity index (χ1v) is 53.2. The summed E-state index contributed by atoms with van der Waals surface area (Å²) in [6.07, 6.45) is 10.7. The number of primary sulfonamides is 1. The fourth-order valence-electron chi connectivity index (χ4n) is 11.8. The Morgan fingerprint density at radius 3 is 1.35 bits per heavy atom. The number of nitrogens with two attached hydrogens (primary N) is 1. The lowest BCUT2D eigenvalue weighted by molar-refractivity contribution is 0.122. The molecule has 14 rings (SSSR count). The van der Waals surface area contributed by atoms with E-state index in [1.807, 2.05) is 34.2 Å². The Hall–Kier alpha value is -2.24. The second kappa shape index (κ2) is 34.0. The van der Waals surface area contributed by atoms with Gasteiger partial charge >= 0.3 is 0 Å². The van der Waals surface area contributed by atoms with Crippen LogP contribution in [-0.2, 0) is 29.5 Å². The molecular weight excluding hydrogens is 1460 g/mol. The highest BCUT2D eigenvalue weighted by atomic mass is 35.5. The summed E-state index contributed by atoms with van der Waals surface area (Å²) in [6, 6.07) is 20.9. The molecule has 0 spiro atoms. The summed E-state index contributed by atoms with van der Waals surface area (Å²) >= 11 is 6.41. The SMILES string of the molecule is CS(N)(=O)=O.Cc1ccc2nc(Cl)nc(N3CCCCC3c3cc4nc(N5CCC5)cc(N5CCOCC5)n4n3)c2c1.Cc1ccc2nc(NS(C)(=O)=O)nc(N3CCCCC3c3cc4nc(N5CCC5)cc(N5CCOCC5)n4n3)c2c1.PP(P)P(P)P.PPP(P)P. The average molecular weight is 1550 g/mol. The van der Waals surface area contributed by atoms with E-state index in [1.54, 1.807) is 0 Å². The van der Waals surface area contributed by atoms with E-state index in [0.29, 0.717) is 24.5 Å². The van der Waals surface area contributed by atoms with Crippen molar-refractivity contribution in [3.8, 4) is 0 Å². The Bertz CT molecular complexity index is 4140. The first-order valence-electron chi connectivity index (χ1n) is 30.9. The van der Waals surface area contributed by atoms with Crippen LogP contribution < -0.4 is 39.3 Å². The van der Waals surface area contributed by atoms with Crippen LogP contribution in [0.1, 0.15) is 86.0 Å². The third kappa shape index (κ3) is 19.8. The van der Waals surface area contributed by atoms with Gasteiger partial charge in [0.1, 0.15) is 34.9 Å². The maximum absolute atomic E-state index is 12.1. The van der Waals surface area contributed by atoms with Crippen molar-refractivity contribution >= 4 is 197 Å². The molecule has 3 N–H and O–H groups in total. The Kier molecular flexibility index (Phi) is 26.9. The van der Waals surface area contributed by atoms with E-state index in [0.717, 1.165) is 211 Å². The molecule has 6 saturated heterocycles. The van der Waals surface area contributed by atoms with Crippen LogP contribution in [0.2, 0.25) is 5.28 Å². The summed E-state index contributed by atoms with van der Waals surface area (Å²) < 4.78 is 60.8. The number of anilines is 7. The van der Waals surface area contributed by atoms with Crippen molar-refractivity contribution in [2.24, 2.45) is 5.14 Å². The Morgan fingerprint density at radius 1 is 0.553 bits per heavy atom. The van der Waals surface area contributed by atoms with Gasteiger partial charge in [0.05, 0.1) is 73.4 Å². The number of rotatable bonds is 12. The van der Waals surface area contributed by atoms with Gasteiger partial charge in [-0.25, -0.2) is 41.9 Å². The Balaban J connectivity index is 0.000000167. The van der Waals surface area contributed by atoms with Crippen molar-refractivity contribution < 1.29 is 26.3 Å². The second-order valence-corrected chi connectivity index (χ2v) is 61.1. The quantitative estimate of drug-likeness (QED) is 0.0851. The molecule has 24 nitrogen and oxygen atoms in total. The molecule has 94 heavy (non-hydrogen) atoms. The van der Waals surface area contributed by atoms with Crippen LogP contribution in [0.4, 0.5) is 40.9 Å². The van der Waals surface area contributed by atoms with Gasteiger partial charge in [0, 0.05) is 100 Å². The summed E-state index contributed by atoms with van der Waals surface area (Å²) in [5.74, 6) is 5.85. The zero-order valence-corrected chi connectivity index (χ0v) is 67.4. The second-order valence-electron chi connectivity index (χ2n) is 23.6. The lowest BCUT2D eigenvalue weighted by Gasteiger charge is -2.36. The molecule has 2 aromatic carbocycles. The molecule has 12 heterocycles. The minimum absolute atomic E-state index is 0.0415. The number of fused-ring (bicyclic) bond motifs is 4. The Labute approximate surface area is 577 Å². The van der Waals surface area contributed by atoms with Crippen molar-refractivity contribution in [3.05, 3.63) is 88.5 Å².